The molecule has 18 heavy (non-hydrogen) atoms. The zero-order valence-corrected chi connectivity index (χ0v) is 12.3. The Kier molecular flexibility index (Phi) is 4.58. The third-order valence-corrected chi connectivity index (χ3v) is 4.05. The Balaban J connectivity index is 2.77. The minimum Gasteiger partial charge on any atom is -0.382 e. The number of rotatable bonds is 4. The summed E-state index contributed by atoms with van der Waals surface area (Å²) in [4.78, 5) is 3.75. The average molecular weight is 292 g/mol. The number of anilines is 1. The molecule has 0 spiro atoms. The fourth-order valence-corrected chi connectivity index (χ4v) is 2.45. The number of nitrogens with zero attached hydrogens (tertiary/aromatic N) is 1. The van der Waals surface area contributed by atoms with Gasteiger partial charge in [0.05, 0.1) is 5.02 Å². The number of halogens is 1. The van der Waals surface area contributed by atoms with Crippen molar-refractivity contribution in [1.82, 2.24) is 9.71 Å². The van der Waals surface area contributed by atoms with Crippen molar-refractivity contribution in [3.63, 3.8) is 0 Å². The van der Waals surface area contributed by atoms with Crippen LogP contribution in [-0.2, 0) is 10.0 Å². The van der Waals surface area contributed by atoms with E-state index in [4.69, 9.17) is 17.3 Å². The minimum atomic E-state index is -3.57. The van der Waals surface area contributed by atoms with Gasteiger partial charge in [0.25, 0.3) is 0 Å². The van der Waals surface area contributed by atoms with Crippen LogP contribution in [-0.4, -0.2) is 19.9 Å². The van der Waals surface area contributed by atoms with E-state index < -0.39 is 10.0 Å². The van der Waals surface area contributed by atoms with Crippen LogP contribution in [0.1, 0.15) is 27.2 Å². The molecule has 1 aromatic heterocycles. The van der Waals surface area contributed by atoms with Crippen molar-refractivity contribution in [2.45, 2.75) is 32.1 Å². The molecule has 0 saturated heterocycles. The molecular weight excluding hydrogens is 274 g/mol. The van der Waals surface area contributed by atoms with Crippen molar-refractivity contribution in [1.29, 1.82) is 0 Å². The SMILES string of the molecule is CC(C)(C)CCNS(=O)(=O)c1cnc(N)c(Cl)c1. The molecule has 0 unspecified atom stereocenters. The minimum absolute atomic E-state index is 0.0237. The highest BCUT2D eigenvalue weighted by Crippen LogP contribution is 2.21. The van der Waals surface area contributed by atoms with Crippen molar-refractivity contribution in [3.8, 4) is 0 Å². The molecule has 5 nitrogen and oxygen atoms in total. The molecule has 1 heterocycles. The van der Waals surface area contributed by atoms with E-state index >= 15 is 0 Å². The lowest BCUT2D eigenvalue weighted by molar-refractivity contribution is 0.378. The highest BCUT2D eigenvalue weighted by Gasteiger charge is 2.17. The second kappa shape index (κ2) is 5.42. The molecule has 0 aliphatic rings. The van der Waals surface area contributed by atoms with Crippen LogP contribution in [0.5, 0.6) is 0 Å². The topological polar surface area (TPSA) is 85.1 Å². The van der Waals surface area contributed by atoms with E-state index in [1.807, 2.05) is 20.8 Å². The van der Waals surface area contributed by atoms with Gasteiger partial charge in [0, 0.05) is 12.7 Å². The molecule has 0 aliphatic heterocycles. The van der Waals surface area contributed by atoms with E-state index in [9.17, 15) is 8.42 Å². The maximum Gasteiger partial charge on any atom is 0.242 e. The van der Waals surface area contributed by atoms with Crippen LogP contribution in [0.2, 0.25) is 5.02 Å². The largest absolute Gasteiger partial charge is 0.382 e. The zero-order valence-electron chi connectivity index (χ0n) is 10.7. The van der Waals surface area contributed by atoms with Gasteiger partial charge in [0.2, 0.25) is 10.0 Å². The van der Waals surface area contributed by atoms with E-state index in [1.165, 1.54) is 12.3 Å². The first-order valence-corrected chi connectivity index (χ1v) is 7.39. The van der Waals surface area contributed by atoms with Crippen LogP contribution in [0, 0.1) is 5.41 Å². The number of nitrogens with one attached hydrogen (secondary N) is 1. The van der Waals surface area contributed by atoms with E-state index in [0.29, 0.717) is 6.54 Å². The molecule has 0 fully saturated rings. The number of aromatic nitrogens is 1. The van der Waals surface area contributed by atoms with Gasteiger partial charge in [-0.15, -0.1) is 0 Å². The summed E-state index contributed by atoms with van der Waals surface area (Å²) in [5.41, 5.74) is 5.50. The first-order valence-electron chi connectivity index (χ1n) is 5.52. The van der Waals surface area contributed by atoms with Crippen molar-refractivity contribution in [2.75, 3.05) is 12.3 Å². The summed E-state index contributed by atoms with van der Waals surface area (Å²) < 4.78 is 26.4. The maximum atomic E-state index is 11.9. The number of hydrogen-bond acceptors (Lipinski definition) is 4. The third-order valence-electron chi connectivity index (χ3n) is 2.32. The molecule has 3 N–H and O–H groups in total. The number of pyridine rings is 1. The predicted octanol–water partition coefficient (Wildman–Crippen LogP) is 2.03. The summed E-state index contributed by atoms with van der Waals surface area (Å²) in [6.45, 7) is 6.50. The second-order valence-corrected chi connectivity index (χ2v) is 7.42. The smallest absolute Gasteiger partial charge is 0.242 e. The zero-order chi connectivity index (χ0) is 14.0. The Hall–Kier alpha value is -0.850. The molecule has 0 bridgehead atoms. The third kappa shape index (κ3) is 4.44. The first-order chi connectivity index (χ1) is 8.12. The van der Waals surface area contributed by atoms with Gasteiger partial charge in [-0.25, -0.2) is 18.1 Å². The Morgan fingerprint density at radius 1 is 1.44 bits per heavy atom. The summed E-state index contributed by atoms with van der Waals surface area (Å²) in [5.74, 6) is 0.116. The van der Waals surface area contributed by atoms with Gasteiger partial charge in [0.1, 0.15) is 10.7 Å². The molecule has 0 aliphatic carbocycles. The summed E-state index contributed by atoms with van der Waals surface area (Å²) in [5, 5.41) is 0.133. The lowest BCUT2D eigenvalue weighted by Gasteiger charge is -2.18. The predicted molar refractivity (Wildman–Crippen MR) is 72.9 cm³/mol. The van der Waals surface area contributed by atoms with Gasteiger partial charge in [-0.1, -0.05) is 32.4 Å². The fourth-order valence-electron chi connectivity index (χ4n) is 1.22. The van der Waals surface area contributed by atoms with Crippen LogP contribution in [0.4, 0.5) is 5.82 Å². The van der Waals surface area contributed by atoms with Crippen LogP contribution < -0.4 is 10.5 Å². The molecule has 102 valence electrons. The lowest BCUT2D eigenvalue weighted by atomic mass is 9.93. The molecular formula is C11H18ClN3O2S. The van der Waals surface area contributed by atoms with Crippen LogP contribution in [0.3, 0.4) is 0 Å². The number of hydrogen-bond donors (Lipinski definition) is 2. The highest BCUT2D eigenvalue weighted by atomic mass is 35.5. The van der Waals surface area contributed by atoms with Gasteiger partial charge in [-0.05, 0) is 17.9 Å². The van der Waals surface area contributed by atoms with E-state index in [2.05, 4.69) is 9.71 Å². The van der Waals surface area contributed by atoms with Gasteiger partial charge in [0.15, 0.2) is 0 Å². The van der Waals surface area contributed by atoms with Crippen molar-refractivity contribution in [3.05, 3.63) is 17.3 Å². The van der Waals surface area contributed by atoms with Gasteiger partial charge in [-0.2, -0.15) is 0 Å². The highest BCUT2D eigenvalue weighted by molar-refractivity contribution is 7.89. The van der Waals surface area contributed by atoms with E-state index in [0.717, 1.165) is 6.42 Å². The van der Waals surface area contributed by atoms with E-state index in [1.54, 1.807) is 0 Å². The molecule has 7 heteroatoms. The Labute approximate surface area is 113 Å². The van der Waals surface area contributed by atoms with Crippen LogP contribution in [0.15, 0.2) is 17.2 Å². The average Bonchev–Trinajstić information content (AvgIpc) is 2.19. The molecule has 1 rings (SSSR count). The number of sulfonamides is 1. The Morgan fingerprint density at radius 2 is 2.06 bits per heavy atom. The molecule has 0 saturated carbocycles. The molecule has 0 amide bonds. The summed E-state index contributed by atoms with van der Waals surface area (Å²) in [6.07, 6.45) is 1.93. The quantitative estimate of drug-likeness (QED) is 0.889. The number of nitrogens with two attached hydrogens (primary N) is 1. The van der Waals surface area contributed by atoms with Gasteiger partial charge in [-0.3, -0.25) is 0 Å². The van der Waals surface area contributed by atoms with E-state index in [-0.39, 0.29) is 21.2 Å². The summed E-state index contributed by atoms with van der Waals surface area (Å²) in [7, 11) is -3.57. The Bertz CT molecular complexity index is 524. The summed E-state index contributed by atoms with van der Waals surface area (Å²) in [6, 6.07) is 1.29. The number of nitrogen functional groups attached to an aromatic ring is 1. The molecule has 0 atom stereocenters. The normalized spacial score (nSPS) is 12.7. The summed E-state index contributed by atoms with van der Waals surface area (Å²) >= 11 is 5.75. The lowest BCUT2D eigenvalue weighted by Crippen LogP contribution is -2.27. The van der Waals surface area contributed by atoms with Gasteiger partial charge >= 0.3 is 0 Å². The maximum absolute atomic E-state index is 11.9. The standard InChI is InChI=1S/C11H18ClN3O2S/c1-11(2,3)4-5-15-18(16,17)8-6-9(12)10(13)14-7-8/h6-7,15H,4-5H2,1-3H3,(H2,13,14). The monoisotopic (exact) mass is 291 g/mol. The van der Waals surface area contributed by atoms with Crippen molar-refractivity contribution in [2.24, 2.45) is 5.41 Å². The first kappa shape index (κ1) is 15.2. The Morgan fingerprint density at radius 3 is 2.56 bits per heavy atom. The van der Waals surface area contributed by atoms with Gasteiger partial charge < -0.3 is 5.73 Å². The molecule has 1 aromatic rings. The molecule has 0 radical (unpaired) electrons. The molecule has 0 aromatic carbocycles. The van der Waals surface area contributed by atoms with Crippen molar-refractivity contribution >= 4 is 27.4 Å². The second-order valence-electron chi connectivity index (χ2n) is 5.25. The fraction of sp³-hybridized carbons (Fsp3) is 0.545. The van der Waals surface area contributed by atoms with Crippen LogP contribution in [0.25, 0.3) is 0 Å². The van der Waals surface area contributed by atoms with Crippen LogP contribution >= 0.6 is 11.6 Å². The van der Waals surface area contributed by atoms with Crippen molar-refractivity contribution < 1.29 is 8.42 Å².